The van der Waals surface area contributed by atoms with Gasteiger partial charge in [0.15, 0.2) is 6.61 Å². The van der Waals surface area contributed by atoms with Crippen LogP contribution in [0.4, 0.5) is 10.1 Å². The molecule has 1 aromatic heterocycles. The number of amides is 1. The Hall–Kier alpha value is -3.74. The quantitative estimate of drug-likeness (QED) is 0.493. The second-order valence-electron chi connectivity index (χ2n) is 6.79. The van der Waals surface area contributed by atoms with Gasteiger partial charge >= 0.3 is 5.97 Å². The molecule has 154 valence electrons. The Labute approximate surface area is 174 Å². The summed E-state index contributed by atoms with van der Waals surface area (Å²) in [6.45, 7) is 4.92. The van der Waals surface area contributed by atoms with Gasteiger partial charge in [-0.3, -0.25) is 4.79 Å². The molecule has 0 saturated carbocycles. The predicted molar refractivity (Wildman–Crippen MR) is 113 cm³/mol. The van der Waals surface area contributed by atoms with Gasteiger partial charge in [-0.15, -0.1) is 0 Å². The number of esters is 1. The fourth-order valence-electron chi connectivity index (χ4n) is 2.92. The van der Waals surface area contributed by atoms with Crippen LogP contribution in [0.15, 0.2) is 54.6 Å². The first-order chi connectivity index (χ1) is 14.3. The van der Waals surface area contributed by atoms with E-state index in [-0.39, 0.29) is 0 Å². The largest absolute Gasteiger partial charge is 0.452 e. The van der Waals surface area contributed by atoms with Crippen LogP contribution >= 0.6 is 0 Å². The van der Waals surface area contributed by atoms with E-state index < -0.39 is 24.3 Å². The zero-order chi connectivity index (χ0) is 21.7. The molecule has 6 nitrogen and oxygen atoms in total. The molecular formula is C23H22FN3O3. The molecule has 0 aliphatic rings. The average Bonchev–Trinajstić information content (AvgIpc) is 3.02. The average molecular weight is 407 g/mol. The lowest BCUT2D eigenvalue weighted by Gasteiger charge is -2.06. The van der Waals surface area contributed by atoms with Crippen LogP contribution in [0.2, 0.25) is 0 Å². The number of carbonyl (C=O) groups excluding carboxylic acids is 2. The summed E-state index contributed by atoms with van der Waals surface area (Å²) >= 11 is 0. The molecule has 0 spiro atoms. The van der Waals surface area contributed by atoms with Crippen LogP contribution in [0, 0.1) is 26.6 Å². The molecule has 1 N–H and O–H groups in total. The van der Waals surface area contributed by atoms with Gasteiger partial charge in [0.1, 0.15) is 5.82 Å². The molecule has 1 amide bonds. The van der Waals surface area contributed by atoms with Crippen LogP contribution < -0.4 is 5.32 Å². The van der Waals surface area contributed by atoms with Crippen molar-refractivity contribution in [1.29, 1.82) is 0 Å². The summed E-state index contributed by atoms with van der Waals surface area (Å²) in [7, 11) is 0. The Morgan fingerprint density at radius 2 is 1.87 bits per heavy atom. The van der Waals surface area contributed by atoms with Gasteiger partial charge in [-0.05, 0) is 56.7 Å². The molecule has 0 aliphatic carbocycles. The molecule has 0 radical (unpaired) electrons. The third kappa shape index (κ3) is 5.00. The van der Waals surface area contributed by atoms with Crippen molar-refractivity contribution in [1.82, 2.24) is 9.78 Å². The first kappa shape index (κ1) is 21.0. The molecule has 30 heavy (non-hydrogen) atoms. The first-order valence-electron chi connectivity index (χ1n) is 9.37. The summed E-state index contributed by atoms with van der Waals surface area (Å²) < 4.78 is 20.3. The van der Waals surface area contributed by atoms with E-state index in [1.54, 1.807) is 29.8 Å². The number of carbonyl (C=O) groups is 2. The smallest absolute Gasteiger partial charge is 0.331 e. The Balaban J connectivity index is 1.59. The number of hydrogen-bond donors (Lipinski definition) is 1. The van der Waals surface area contributed by atoms with E-state index in [0.29, 0.717) is 11.3 Å². The monoisotopic (exact) mass is 407 g/mol. The van der Waals surface area contributed by atoms with Crippen LogP contribution in [0.25, 0.3) is 11.8 Å². The minimum Gasteiger partial charge on any atom is -0.452 e. The Morgan fingerprint density at radius 3 is 2.57 bits per heavy atom. The minimum absolute atomic E-state index is 0.300. The summed E-state index contributed by atoms with van der Waals surface area (Å²) in [6.07, 6.45) is 2.87. The topological polar surface area (TPSA) is 73.2 Å². The van der Waals surface area contributed by atoms with Crippen LogP contribution in [0.3, 0.4) is 0 Å². The lowest BCUT2D eigenvalue weighted by Crippen LogP contribution is -2.20. The van der Waals surface area contributed by atoms with Crippen molar-refractivity contribution in [2.45, 2.75) is 20.8 Å². The third-order valence-corrected chi connectivity index (χ3v) is 4.54. The highest BCUT2D eigenvalue weighted by atomic mass is 19.1. The van der Waals surface area contributed by atoms with Crippen LogP contribution in [-0.4, -0.2) is 28.3 Å². The number of hydrogen-bond acceptors (Lipinski definition) is 4. The van der Waals surface area contributed by atoms with E-state index >= 15 is 0 Å². The molecule has 0 unspecified atom stereocenters. The first-order valence-corrected chi connectivity index (χ1v) is 9.37. The highest BCUT2D eigenvalue weighted by molar-refractivity contribution is 5.94. The molecule has 0 atom stereocenters. The summed E-state index contributed by atoms with van der Waals surface area (Å²) in [5.74, 6) is -1.63. The third-order valence-electron chi connectivity index (χ3n) is 4.54. The minimum atomic E-state index is -0.661. The number of halogens is 1. The summed E-state index contributed by atoms with van der Waals surface area (Å²) in [6, 6.07) is 14.0. The molecule has 7 heteroatoms. The maximum atomic E-state index is 13.5. The van der Waals surface area contributed by atoms with Crippen molar-refractivity contribution in [2.24, 2.45) is 0 Å². The standard InChI is InChI=1S/C23H22FN3O3/c1-15-9-10-18(13-21(15)24)25-22(28)14-30-23(29)12-11-20-16(2)26-27(17(20)3)19-7-5-4-6-8-19/h4-13H,14H2,1-3H3,(H,25,28)/b12-11+. The van der Waals surface area contributed by atoms with Gasteiger partial charge in [0.25, 0.3) is 5.91 Å². The lowest BCUT2D eigenvalue weighted by molar-refractivity contribution is -0.142. The SMILES string of the molecule is Cc1ccc(NC(=O)COC(=O)/C=C/c2c(C)nn(-c3ccccc3)c2C)cc1F. The number of aromatic nitrogens is 2. The fraction of sp³-hybridized carbons (Fsp3) is 0.174. The Morgan fingerprint density at radius 1 is 1.13 bits per heavy atom. The summed E-state index contributed by atoms with van der Waals surface area (Å²) in [5.41, 5.74) is 4.14. The number of benzene rings is 2. The molecule has 0 aliphatic heterocycles. The van der Waals surface area contributed by atoms with E-state index in [9.17, 15) is 14.0 Å². The second kappa shape index (κ2) is 9.17. The molecule has 0 saturated heterocycles. The number of rotatable bonds is 6. The van der Waals surface area contributed by atoms with Gasteiger partial charge in [-0.25, -0.2) is 13.9 Å². The molecule has 0 bridgehead atoms. The molecule has 0 fully saturated rings. The number of ether oxygens (including phenoxy) is 1. The maximum absolute atomic E-state index is 13.5. The Kier molecular flexibility index (Phi) is 6.41. The normalized spacial score (nSPS) is 10.9. The van der Waals surface area contributed by atoms with Gasteiger partial charge < -0.3 is 10.1 Å². The van der Waals surface area contributed by atoms with E-state index in [1.165, 1.54) is 12.1 Å². The molecular weight excluding hydrogens is 385 g/mol. The predicted octanol–water partition coefficient (Wildman–Crippen LogP) is 4.13. The van der Waals surface area contributed by atoms with Crippen molar-refractivity contribution in [3.63, 3.8) is 0 Å². The van der Waals surface area contributed by atoms with Gasteiger partial charge in [0.2, 0.25) is 0 Å². The van der Waals surface area contributed by atoms with Crippen molar-refractivity contribution < 1.29 is 18.7 Å². The summed E-state index contributed by atoms with van der Waals surface area (Å²) in [5, 5.41) is 7.00. The van der Waals surface area contributed by atoms with E-state index in [4.69, 9.17) is 4.74 Å². The molecule has 3 rings (SSSR count). The van der Waals surface area contributed by atoms with Crippen LogP contribution in [-0.2, 0) is 14.3 Å². The van der Waals surface area contributed by atoms with Gasteiger partial charge in [-0.2, -0.15) is 5.10 Å². The maximum Gasteiger partial charge on any atom is 0.331 e. The zero-order valence-corrected chi connectivity index (χ0v) is 17.0. The van der Waals surface area contributed by atoms with Crippen molar-refractivity contribution in [3.8, 4) is 5.69 Å². The van der Waals surface area contributed by atoms with Crippen molar-refractivity contribution in [3.05, 3.63) is 82.9 Å². The number of aryl methyl sites for hydroxylation is 2. The molecule has 3 aromatic rings. The second-order valence-corrected chi connectivity index (χ2v) is 6.79. The molecule has 1 heterocycles. The number of nitrogens with one attached hydrogen (secondary N) is 1. The van der Waals surface area contributed by atoms with Crippen LogP contribution in [0.5, 0.6) is 0 Å². The van der Waals surface area contributed by atoms with Gasteiger partial charge in [0.05, 0.1) is 11.4 Å². The van der Waals surface area contributed by atoms with Crippen molar-refractivity contribution >= 4 is 23.6 Å². The Bertz CT molecular complexity index is 1100. The van der Waals surface area contributed by atoms with Gasteiger partial charge in [-0.1, -0.05) is 24.3 Å². The number of nitrogens with zero attached hydrogens (tertiary/aromatic N) is 2. The molecule has 2 aromatic carbocycles. The summed E-state index contributed by atoms with van der Waals surface area (Å²) in [4.78, 5) is 23.9. The van der Waals surface area contributed by atoms with E-state index in [1.807, 2.05) is 44.2 Å². The van der Waals surface area contributed by atoms with Gasteiger partial charge in [0, 0.05) is 23.0 Å². The lowest BCUT2D eigenvalue weighted by atomic mass is 10.2. The highest BCUT2D eigenvalue weighted by Crippen LogP contribution is 2.19. The van der Waals surface area contributed by atoms with Crippen molar-refractivity contribution in [2.75, 3.05) is 11.9 Å². The van der Waals surface area contributed by atoms with E-state index in [2.05, 4.69) is 10.4 Å². The number of anilines is 1. The van der Waals surface area contributed by atoms with Crippen LogP contribution in [0.1, 0.15) is 22.5 Å². The zero-order valence-electron chi connectivity index (χ0n) is 17.0. The number of para-hydroxylation sites is 1. The van der Waals surface area contributed by atoms with E-state index in [0.717, 1.165) is 22.6 Å². The fourth-order valence-corrected chi connectivity index (χ4v) is 2.92. The highest BCUT2D eigenvalue weighted by Gasteiger charge is 2.12.